The van der Waals surface area contributed by atoms with Crippen molar-refractivity contribution in [2.75, 3.05) is 18.2 Å². The number of benzene rings is 2. The Labute approximate surface area is 122 Å². The summed E-state index contributed by atoms with van der Waals surface area (Å²) < 4.78 is 5.09. The van der Waals surface area contributed by atoms with Crippen LogP contribution in [0.4, 0.5) is 11.4 Å². The molecule has 0 aliphatic rings. The fourth-order valence-electron chi connectivity index (χ4n) is 1.91. The third-order valence-corrected chi connectivity index (χ3v) is 3.08. The smallest absolute Gasteiger partial charge is 0.257 e. The van der Waals surface area contributed by atoms with E-state index in [0.29, 0.717) is 22.6 Å². The van der Waals surface area contributed by atoms with Crippen LogP contribution < -0.4 is 15.8 Å². The number of carbonyl (C=O) groups excluding carboxylic acids is 2. The van der Waals surface area contributed by atoms with E-state index in [-0.39, 0.29) is 17.4 Å². The third-order valence-electron chi connectivity index (χ3n) is 3.08. The molecule has 0 bridgehead atoms. The second-order valence-electron chi connectivity index (χ2n) is 4.51. The number of methoxy groups -OCH3 is 1. The summed E-state index contributed by atoms with van der Waals surface area (Å²) in [5.74, 6) is 0.0986. The zero-order valence-electron chi connectivity index (χ0n) is 11.8. The first kappa shape index (κ1) is 14.6. The SMILES string of the molecule is COc1cccc(C(=O)Nc2ccc(C(C)=O)cc2)c1N. The van der Waals surface area contributed by atoms with Crippen molar-refractivity contribution in [3.63, 3.8) is 0 Å². The van der Waals surface area contributed by atoms with Crippen LogP contribution in [0.1, 0.15) is 27.6 Å². The van der Waals surface area contributed by atoms with E-state index in [1.165, 1.54) is 14.0 Å². The number of anilines is 2. The molecule has 2 rings (SSSR count). The fraction of sp³-hybridized carbons (Fsp3) is 0.125. The van der Waals surface area contributed by atoms with Crippen molar-refractivity contribution in [3.05, 3.63) is 53.6 Å². The van der Waals surface area contributed by atoms with E-state index in [1.807, 2.05) is 0 Å². The first-order valence-electron chi connectivity index (χ1n) is 6.37. The highest BCUT2D eigenvalue weighted by molar-refractivity contribution is 6.08. The lowest BCUT2D eigenvalue weighted by molar-refractivity contribution is 0.101. The predicted octanol–water partition coefficient (Wildman–Crippen LogP) is 2.73. The number of nitrogen functional groups attached to an aromatic ring is 1. The van der Waals surface area contributed by atoms with Gasteiger partial charge in [-0.1, -0.05) is 6.07 Å². The van der Waals surface area contributed by atoms with Gasteiger partial charge < -0.3 is 15.8 Å². The van der Waals surface area contributed by atoms with Gasteiger partial charge in [0.05, 0.1) is 18.4 Å². The Morgan fingerprint density at radius 3 is 2.33 bits per heavy atom. The minimum atomic E-state index is -0.332. The molecule has 1 amide bonds. The summed E-state index contributed by atoms with van der Waals surface area (Å²) in [6.45, 7) is 1.49. The van der Waals surface area contributed by atoms with Gasteiger partial charge in [-0.2, -0.15) is 0 Å². The molecule has 0 saturated heterocycles. The minimum Gasteiger partial charge on any atom is -0.495 e. The number of ether oxygens (including phenoxy) is 1. The zero-order chi connectivity index (χ0) is 15.4. The fourth-order valence-corrected chi connectivity index (χ4v) is 1.91. The summed E-state index contributed by atoms with van der Waals surface area (Å²) in [5, 5.41) is 2.73. The Hall–Kier alpha value is -2.82. The molecular weight excluding hydrogens is 268 g/mol. The molecule has 108 valence electrons. The van der Waals surface area contributed by atoms with Gasteiger partial charge in [0, 0.05) is 11.3 Å². The molecule has 2 aromatic carbocycles. The minimum absolute atomic E-state index is 0.0232. The van der Waals surface area contributed by atoms with Crippen LogP contribution in [-0.4, -0.2) is 18.8 Å². The van der Waals surface area contributed by atoms with Crippen LogP contribution in [0.3, 0.4) is 0 Å². The van der Waals surface area contributed by atoms with Crippen molar-refractivity contribution in [2.45, 2.75) is 6.92 Å². The molecule has 21 heavy (non-hydrogen) atoms. The number of nitrogens with two attached hydrogens (primary N) is 1. The van der Waals surface area contributed by atoms with Crippen molar-refractivity contribution >= 4 is 23.1 Å². The van der Waals surface area contributed by atoms with Gasteiger partial charge in [-0.15, -0.1) is 0 Å². The van der Waals surface area contributed by atoms with E-state index in [2.05, 4.69) is 5.32 Å². The quantitative estimate of drug-likeness (QED) is 0.668. The van der Waals surface area contributed by atoms with E-state index in [4.69, 9.17) is 10.5 Å². The van der Waals surface area contributed by atoms with Crippen LogP contribution in [0.5, 0.6) is 5.75 Å². The highest BCUT2D eigenvalue weighted by Gasteiger charge is 2.13. The number of amides is 1. The van der Waals surface area contributed by atoms with Crippen LogP contribution in [-0.2, 0) is 0 Å². The second kappa shape index (κ2) is 6.09. The number of rotatable bonds is 4. The first-order valence-corrected chi connectivity index (χ1v) is 6.37. The predicted molar refractivity (Wildman–Crippen MR) is 81.8 cm³/mol. The highest BCUT2D eigenvalue weighted by Crippen LogP contribution is 2.25. The van der Waals surface area contributed by atoms with Crippen LogP contribution >= 0.6 is 0 Å². The van der Waals surface area contributed by atoms with Gasteiger partial charge >= 0.3 is 0 Å². The number of carbonyl (C=O) groups is 2. The number of hydrogen-bond donors (Lipinski definition) is 2. The summed E-state index contributed by atoms with van der Waals surface area (Å²) >= 11 is 0. The third kappa shape index (κ3) is 3.20. The standard InChI is InChI=1S/C16H16N2O3/c1-10(19)11-6-8-12(9-7-11)18-16(20)13-4-3-5-14(21-2)15(13)17/h3-9H,17H2,1-2H3,(H,18,20). The van der Waals surface area contributed by atoms with Crippen LogP contribution in [0.15, 0.2) is 42.5 Å². The van der Waals surface area contributed by atoms with Crippen molar-refractivity contribution in [3.8, 4) is 5.75 Å². The number of hydrogen-bond acceptors (Lipinski definition) is 4. The number of nitrogens with one attached hydrogen (secondary N) is 1. The highest BCUT2D eigenvalue weighted by atomic mass is 16.5. The molecule has 5 heteroatoms. The number of para-hydroxylation sites is 1. The molecule has 0 aliphatic heterocycles. The molecule has 0 atom stereocenters. The molecule has 0 saturated carbocycles. The Morgan fingerprint density at radius 1 is 1.10 bits per heavy atom. The molecule has 3 N–H and O–H groups in total. The Kier molecular flexibility index (Phi) is 4.23. The summed E-state index contributed by atoms with van der Waals surface area (Å²) in [7, 11) is 1.49. The molecule has 0 unspecified atom stereocenters. The summed E-state index contributed by atoms with van der Waals surface area (Å²) in [6.07, 6.45) is 0. The van der Waals surface area contributed by atoms with Crippen LogP contribution in [0, 0.1) is 0 Å². The maximum absolute atomic E-state index is 12.2. The number of ketones is 1. The van der Waals surface area contributed by atoms with Gasteiger partial charge in [0.1, 0.15) is 5.75 Å². The molecule has 0 fully saturated rings. The van der Waals surface area contributed by atoms with Crippen molar-refractivity contribution in [1.29, 1.82) is 0 Å². The summed E-state index contributed by atoms with van der Waals surface area (Å²) in [4.78, 5) is 23.4. The first-order chi connectivity index (χ1) is 10.0. The maximum Gasteiger partial charge on any atom is 0.257 e. The lowest BCUT2D eigenvalue weighted by atomic mass is 10.1. The van der Waals surface area contributed by atoms with E-state index in [0.717, 1.165) is 0 Å². The molecule has 5 nitrogen and oxygen atoms in total. The Morgan fingerprint density at radius 2 is 1.76 bits per heavy atom. The van der Waals surface area contributed by atoms with Gasteiger partial charge in [-0.3, -0.25) is 9.59 Å². The monoisotopic (exact) mass is 284 g/mol. The molecule has 2 aromatic rings. The Balaban J connectivity index is 2.20. The van der Waals surface area contributed by atoms with Gasteiger partial charge in [0.25, 0.3) is 5.91 Å². The normalized spacial score (nSPS) is 10.0. The van der Waals surface area contributed by atoms with Crippen molar-refractivity contribution < 1.29 is 14.3 Å². The summed E-state index contributed by atoms with van der Waals surface area (Å²) in [5.41, 5.74) is 7.69. The topological polar surface area (TPSA) is 81.4 Å². The van der Waals surface area contributed by atoms with Gasteiger partial charge in [-0.05, 0) is 43.3 Å². The maximum atomic E-state index is 12.2. The second-order valence-corrected chi connectivity index (χ2v) is 4.51. The lowest BCUT2D eigenvalue weighted by Gasteiger charge is -2.10. The molecule has 0 aromatic heterocycles. The van der Waals surface area contributed by atoms with E-state index in [9.17, 15) is 9.59 Å². The van der Waals surface area contributed by atoms with E-state index < -0.39 is 0 Å². The lowest BCUT2D eigenvalue weighted by Crippen LogP contribution is -2.14. The zero-order valence-corrected chi connectivity index (χ0v) is 11.8. The molecule has 0 aliphatic carbocycles. The van der Waals surface area contributed by atoms with E-state index in [1.54, 1.807) is 42.5 Å². The van der Waals surface area contributed by atoms with Gasteiger partial charge in [0.15, 0.2) is 5.78 Å². The largest absolute Gasteiger partial charge is 0.495 e. The van der Waals surface area contributed by atoms with Crippen molar-refractivity contribution in [1.82, 2.24) is 0 Å². The van der Waals surface area contributed by atoms with E-state index >= 15 is 0 Å². The molecule has 0 radical (unpaired) electrons. The average Bonchev–Trinajstić information content (AvgIpc) is 2.48. The molecule has 0 heterocycles. The van der Waals surface area contributed by atoms with Gasteiger partial charge in [0.2, 0.25) is 0 Å². The van der Waals surface area contributed by atoms with Gasteiger partial charge in [-0.25, -0.2) is 0 Å². The van der Waals surface area contributed by atoms with Crippen molar-refractivity contribution in [2.24, 2.45) is 0 Å². The molecular formula is C16H16N2O3. The number of Topliss-reactive ketones (excluding diaryl/α,β-unsaturated/α-hetero) is 1. The molecule has 0 spiro atoms. The van der Waals surface area contributed by atoms with Crippen LogP contribution in [0.2, 0.25) is 0 Å². The Bertz CT molecular complexity index is 678. The average molecular weight is 284 g/mol. The summed E-state index contributed by atoms with van der Waals surface area (Å²) in [6, 6.07) is 11.7. The van der Waals surface area contributed by atoms with Crippen LogP contribution in [0.25, 0.3) is 0 Å².